The summed E-state index contributed by atoms with van der Waals surface area (Å²) in [5, 5.41) is 2.84. The Morgan fingerprint density at radius 2 is 1.72 bits per heavy atom. The summed E-state index contributed by atoms with van der Waals surface area (Å²) >= 11 is 1.90. The van der Waals surface area contributed by atoms with Crippen LogP contribution >= 0.6 is 11.8 Å². The van der Waals surface area contributed by atoms with Crippen LogP contribution in [0.2, 0.25) is 0 Å². The predicted octanol–water partition coefficient (Wildman–Crippen LogP) is 5.57. The first kappa shape index (κ1) is 22.3. The minimum absolute atomic E-state index is 0.0256. The molecule has 2 aromatic carbocycles. The Bertz CT molecular complexity index is 1060. The Morgan fingerprint density at radius 3 is 2.31 bits per heavy atom. The number of anilines is 1. The number of hydrogen-bond acceptors (Lipinski definition) is 5. The third-order valence-corrected chi connectivity index (χ3v) is 6.74. The van der Waals surface area contributed by atoms with E-state index >= 15 is 0 Å². The summed E-state index contributed by atoms with van der Waals surface area (Å²) in [6.07, 6.45) is 3.44. The van der Waals surface area contributed by atoms with E-state index in [1.54, 1.807) is 0 Å². The van der Waals surface area contributed by atoms with Gasteiger partial charge in [-0.15, -0.1) is 11.8 Å². The standard InChI is InChI=1S/C25H30N4O2S/c1-24(2,3)31-23(30)27-14-4-13-25(16-32-25)22-28-15-21(29-22)19-7-5-17(6-8-19)18-9-11-20(26)12-10-18/h5-12,15H,4,13-14,16,26H2,1-3H3,(H,27,30)(H,28,29)/t25-/m0/s1. The number of nitrogens with zero attached hydrogens (tertiary/aromatic N) is 1. The van der Waals surface area contributed by atoms with Crippen molar-refractivity contribution in [3.8, 4) is 22.4 Å². The van der Waals surface area contributed by atoms with Gasteiger partial charge in [-0.25, -0.2) is 9.78 Å². The van der Waals surface area contributed by atoms with Crippen molar-refractivity contribution in [3.05, 3.63) is 60.6 Å². The van der Waals surface area contributed by atoms with E-state index in [1.165, 1.54) is 0 Å². The highest BCUT2D eigenvalue weighted by Gasteiger charge is 2.47. The van der Waals surface area contributed by atoms with Crippen molar-refractivity contribution in [1.29, 1.82) is 0 Å². The first-order chi connectivity index (χ1) is 15.2. The van der Waals surface area contributed by atoms with Crippen LogP contribution in [0, 0.1) is 0 Å². The Morgan fingerprint density at radius 1 is 1.12 bits per heavy atom. The number of nitrogen functional groups attached to an aromatic ring is 1. The Hall–Kier alpha value is -2.93. The number of nitrogens with two attached hydrogens (primary N) is 1. The van der Waals surface area contributed by atoms with Crippen LogP contribution in [-0.2, 0) is 9.48 Å². The van der Waals surface area contributed by atoms with Crippen LogP contribution in [0.3, 0.4) is 0 Å². The third-order valence-electron chi connectivity index (χ3n) is 5.35. The first-order valence-corrected chi connectivity index (χ1v) is 11.9. The van der Waals surface area contributed by atoms with Crippen LogP contribution in [0.5, 0.6) is 0 Å². The molecule has 0 aliphatic carbocycles. The number of aromatic nitrogens is 2. The number of nitrogens with one attached hydrogen (secondary N) is 2. The number of thioether (sulfide) groups is 1. The molecule has 1 aliphatic rings. The lowest BCUT2D eigenvalue weighted by atomic mass is 10.0. The highest BCUT2D eigenvalue weighted by Crippen LogP contribution is 2.55. The van der Waals surface area contributed by atoms with Gasteiger partial charge in [0.1, 0.15) is 11.4 Å². The van der Waals surface area contributed by atoms with Gasteiger partial charge in [-0.1, -0.05) is 36.4 Å². The zero-order chi connectivity index (χ0) is 22.8. The van der Waals surface area contributed by atoms with Crippen LogP contribution in [0.25, 0.3) is 22.4 Å². The molecule has 1 aromatic heterocycles. The van der Waals surface area contributed by atoms with Crippen LogP contribution < -0.4 is 11.1 Å². The van der Waals surface area contributed by atoms with E-state index in [4.69, 9.17) is 15.5 Å². The highest BCUT2D eigenvalue weighted by atomic mass is 32.2. The van der Waals surface area contributed by atoms with Gasteiger partial charge in [0.05, 0.1) is 10.4 Å². The molecule has 1 amide bonds. The average Bonchev–Trinajstić information content (AvgIpc) is 3.36. The summed E-state index contributed by atoms with van der Waals surface area (Å²) in [6, 6.07) is 16.3. The molecule has 3 aromatic rings. The maximum atomic E-state index is 11.8. The predicted molar refractivity (Wildman–Crippen MR) is 131 cm³/mol. The Labute approximate surface area is 193 Å². The molecule has 32 heavy (non-hydrogen) atoms. The van der Waals surface area contributed by atoms with E-state index in [1.807, 2.05) is 63.0 Å². The van der Waals surface area contributed by atoms with Crippen LogP contribution in [0.15, 0.2) is 54.7 Å². The lowest BCUT2D eigenvalue weighted by Gasteiger charge is -2.19. The maximum absolute atomic E-state index is 11.8. The molecule has 1 saturated heterocycles. The monoisotopic (exact) mass is 450 g/mol. The molecule has 1 atom stereocenters. The van der Waals surface area contributed by atoms with Crippen molar-refractivity contribution in [1.82, 2.24) is 15.3 Å². The van der Waals surface area contributed by atoms with E-state index in [9.17, 15) is 4.79 Å². The first-order valence-electron chi connectivity index (χ1n) is 10.9. The second-order valence-corrected chi connectivity index (χ2v) is 10.5. The molecule has 4 rings (SSSR count). The van der Waals surface area contributed by atoms with Gasteiger partial charge < -0.3 is 20.8 Å². The number of carbonyl (C=O) groups is 1. The topological polar surface area (TPSA) is 93.0 Å². The Balaban J connectivity index is 1.34. The average molecular weight is 451 g/mol. The number of benzene rings is 2. The number of hydrogen-bond donors (Lipinski definition) is 3. The van der Waals surface area contributed by atoms with Gasteiger partial charge in [-0.2, -0.15) is 0 Å². The molecule has 6 nitrogen and oxygen atoms in total. The quantitative estimate of drug-likeness (QED) is 0.248. The molecule has 0 saturated carbocycles. The number of ether oxygens (including phenoxy) is 1. The molecular weight excluding hydrogens is 420 g/mol. The van der Waals surface area contributed by atoms with E-state index in [2.05, 4.69) is 34.6 Å². The van der Waals surface area contributed by atoms with Crippen molar-refractivity contribution in [3.63, 3.8) is 0 Å². The zero-order valence-electron chi connectivity index (χ0n) is 18.8. The summed E-state index contributed by atoms with van der Waals surface area (Å²) in [6.45, 7) is 6.19. The number of imidazole rings is 1. The normalized spacial score (nSPS) is 17.7. The molecule has 7 heteroatoms. The van der Waals surface area contributed by atoms with Crippen molar-refractivity contribution in [2.45, 2.75) is 44.0 Å². The minimum atomic E-state index is -0.477. The number of alkyl carbamates (subject to hydrolysis) is 1. The van der Waals surface area contributed by atoms with Gasteiger partial charge in [0, 0.05) is 29.7 Å². The molecule has 4 N–H and O–H groups in total. The number of rotatable bonds is 7. The minimum Gasteiger partial charge on any atom is -0.444 e. The van der Waals surface area contributed by atoms with E-state index in [0.717, 1.165) is 52.5 Å². The second kappa shape index (κ2) is 8.90. The van der Waals surface area contributed by atoms with Gasteiger partial charge in [-0.05, 0) is 56.9 Å². The number of aromatic amines is 1. The van der Waals surface area contributed by atoms with E-state index in [0.29, 0.717) is 6.54 Å². The van der Waals surface area contributed by atoms with Gasteiger partial charge in [0.2, 0.25) is 0 Å². The van der Waals surface area contributed by atoms with Crippen molar-refractivity contribution >= 4 is 23.5 Å². The summed E-state index contributed by atoms with van der Waals surface area (Å²) in [5.41, 5.74) is 10.4. The molecule has 0 bridgehead atoms. The summed E-state index contributed by atoms with van der Waals surface area (Å²) in [4.78, 5) is 20.1. The molecule has 0 radical (unpaired) electrons. The van der Waals surface area contributed by atoms with Gasteiger partial charge in [0.25, 0.3) is 0 Å². The largest absolute Gasteiger partial charge is 0.444 e. The molecule has 168 valence electrons. The molecule has 0 unspecified atom stereocenters. The number of amides is 1. The van der Waals surface area contributed by atoms with Crippen molar-refractivity contribution < 1.29 is 9.53 Å². The second-order valence-electron chi connectivity index (χ2n) is 9.15. The molecular formula is C25H30N4O2S. The molecule has 1 fully saturated rings. The fourth-order valence-corrected chi connectivity index (χ4v) is 4.56. The van der Waals surface area contributed by atoms with Gasteiger partial charge >= 0.3 is 6.09 Å². The van der Waals surface area contributed by atoms with Crippen LogP contribution in [0.4, 0.5) is 10.5 Å². The van der Waals surface area contributed by atoms with E-state index < -0.39 is 5.60 Å². The zero-order valence-corrected chi connectivity index (χ0v) is 19.6. The maximum Gasteiger partial charge on any atom is 0.407 e. The fourth-order valence-electron chi connectivity index (χ4n) is 3.58. The van der Waals surface area contributed by atoms with Crippen molar-refractivity contribution in [2.75, 3.05) is 18.0 Å². The van der Waals surface area contributed by atoms with Gasteiger partial charge in [-0.3, -0.25) is 0 Å². The van der Waals surface area contributed by atoms with E-state index in [-0.39, 0.29) is 10.8 Å². The molecule has 1 aliphatic heterocycles. The summed E-state index contributed by atoms with van der Waals surface area (Å²) < 4.78 is 5.31. The van der Waals surface area contributed by atoms with Gasteiger partial charge in [0.15, 0.2) is 0 Å². The van der Waals surface area contributed by atoms with Crippen molar-refractivity contribution in [2.24, 2.45) is 0 Å². The lowest BCUT2D eigenvalue weighted by Crippen LogP contribution is -2.33. The molecule has 0 spiro atoms. The van der Waals surface area contributed by atoms with Crippen LogP contribution in [-0.4, -0.2) is 34.0 Å². The lowest BCUT2D eigenvalue weighted by molar-refractivity contribution is 0.0526. The SMILES string of the molecule is CC(C)(C)OC(=O)NCCC[C@@]1(c2nc(-c3ccc(-c4ccc(N)cc4)cc3)c[nH]2)CS1. The number of carbonyl (C=O) groups excluding carboxylic acids is 1. The number of H-pyrrole nitrogens is 1. The fraction of sp³-hybridized carbons (Fsp3) is 0.360. The highest BCUT2D eigenvalue weighted by molar-refractivity contribution is 8.07. The smallest absolute Gasteiger partial charge is 0.407 e. The Kier molecular flexibility index (Phi) is 6.20. The summed E-state index contributed by atoms with van der Waals surface area (Å²) in [7, 11) is 0. The molecule has 2 heterocycles. The third kappa shape index (κ3) is 5.46. The van der Waals surface area contributed by atoms with Crippen LogP contribution in [0.1, 0.15) is 39.4 Å². The summed E-state index contributed by atoms with van der Waals surface area (Å²) in [5.74, 6) is 2.06.